The van der Waals surface area contributed by atoms with Crippen molar-refractivity contribution in [2.45, 2.75) is 13.3 Å². The minimum absolute atomic E-state index is 0. The molecule has 0 spiro atoms. The molecule has 1 heterocycles. The number of hydrogen-bond donors (Lipinski definition) is 0. The van der Waals surface area contributed by atoms with Crippen molar-refractivity contribution >= 4 is 18.3 Å². The standard InChI is InChI=1S/C5H9NO.ClH/c1-5(7)6-3-2-4-6;/h2-4H2,1H3;1H. The molecule has 0 radical (unpaired) electrons. The van der Waals surface area contributed by atoms with Crippen LogP contribution in [0.3, 0.4) is 0 Å². The van der Waals surface area contributed by atoms with E-state index >= 15 is 0 Å². The van der Waals surface area contributed by atoms with Crippen molar-refractivity contribution in [3.8, 4) is 0 Å². The van der Waals surface area contributed by atoms with Gasteiger partial charge in [-0.2, -0.15) is 0 Å². The summed E-state index contributed by atoms with van der Waals surface area (Å²) in [5, 5.41) is 0. The van der Waals surface area contributed by atoms with E-state index in [-0.39, 0.29) is 18.3 Å². The Morgan fingerprint density at radius 3 is 2.00 bits per heavy atom. The van der Waals surface area contributed by atoms with E-state index < -0.39 is 0 Å². The van der Waals surface area contributed by atoms with Crippen LogP contribution in [-0.2, 0) is 4.79 Å². The van der Waals surface area contributed by atoms with Gasteiger partial charge in [-0.1, -0.05) is 0 Å². The number of hydrogen-bond acceptors (Lipinski definition) is 1. The Balaban J connectivity index is 0.000000490. The molecule has 1 rings (SSSR count). The molecule has 3 heteroatoms. The topological polar surface area (TPSA) is 20.3 Å². The number of rotatable bonds is 0. The van der Waals surface area contributed by atoms with E-state index in [1.54, 1.807) is 6.92 Å². The summed E-state index contributed by atoms with van der Waals surface area (Å²) in [4.78, 5) is 12.2. The molecular formula is C5H10ClNO. The minimum Gasteiger partial charge on any atom is -0.343 e. The summed E-state index contributed by atoms with van der Waals surface area (Å²) >= 11 is 0. The molecule has 1 aliphatic rings. The average molecular weight is 136 g/mol. The quantitative estimate of drug-likeness (QED) is 0.478. The summed E-state index contributed by atoms with van der Waals surface area (Å²) < 4.78 is 0. The van der Waals surface area contributed by atoms with Gasteiger partial charge in [0.2, 0.25) is 5.91 Å². The number of halogens is 1. The molecule has 2 nitrogen and oxygen atoms in total. The van der Waals surface area contributed by atoms with E-state index in [0.29, 0.717) is 0 Å². The van der Waals surface area contributed by atoms with E-state index in [4.69, 9.17) is 0 Å². The predicted octanol–water partition coefficient (Wildman–Crippen LogP) is 0.660. The van der Waals surface area contributed by atoms with Crippen LogP contribution in [0.15, 0.2) is 0 Å². The van der Waals surface area contributed by atoms with Crippen molar-refractivity contribution in [1.82, 2.24) is 4.90 Å². The number of carbonyl (C=O) groups is 1. The Hall–Kier alpha value is -0.240. The zero-order valence-corrected chi connectivity index (χ0v) is 5.70. The molecule has 0 aromatic heterocycles. The Morgan fingerprint density at radius 2 is 2.00 bits per heavy atom. The number of nitrogens with zero attached hydrogens (tertiary/aromatic N) is 1. The summed E-state index contributed by atoms with van der Waals surface area (Å²) in [6, 6.07) is 0. The van der Waals surface area contributed by atoms with Crippen molar-refractivity contribution in [3.05, 3.63) is 0 Å². The molecule has 0 atom stereocenters. The van der Waals surface area contributed by atoms with Crippen molar-refractivity contribution < 1.29 is 4.79 Å². The van der Waals surface area contributed by atoms with Gasteiger partial charge in [-0.15, -0.1) is 12.4 Å². The molecule has 1 amide bonds. The third-order valence-corrected chi connectivity index (χ3v) is 1.30. The molecule has 8 heavy (non-hydrogen) atoms. The second-order valence-electron chi connectivity index (χ2n) is 1.86. The molecule has 0 aliphatic carbocycles. The van der Waals surface area contributed by atoms with Gasteiger partial charge < -0.3 is 4.90 Å². The van der Waals surface area contributed by atoms with Crippen LogP contribution in [0.25, 0.3) is 0 Å². The van der Waals surface area contributed by atoms with Crippen molar-refractivity contribution in [2.24, 2.45) is 0 Å². The lowest BCUT2D eigenvalue weighted by Crippen LogP contribution is -2.40. The molecule has 0 aromatic rings. The average Bonchev–Trinajstić information content (AvgIpc) is 1.23. The number of carbonyl (C=O) groups excluding carboxylic acids is 1. The molecule has 0 bridgehead atoms. The van der Waals surface area contributed by atoms with E-state index in [1.807, 2.05) is 4.90 Å². The molecule has 48 valence electrons. The largest absolute Gasteiger partial charge is 0.343 e. The van der Waals surface area contributed by atoms with Gasteiger partial charge in [0.25, 0.3) is 0 Å². The fourth-order valence-electron chi connectivity index (χ4n) is 0.631. The van der Waals surface area contributed by atoms with Crippen LogP contribution in [0.4, 0.5) is 0 Å². The van der Waals surface area contributed by atoms with E-state index in [9.17, 15) is 4.79 Å². The highest BCUT2D eigenvalue weighted by molar-refractivity contribution is 5.85. The van der Waals surface area contributed by atoms with E-state index in [1.165, 1.54) is 6.42 Å². The van der Waals surface area contributed by atoms with Crippen molar-refractivity contribution in [1.29, 1.82) is 0 Å². The van der Waals surface area contributed by atoms with Crippen LogP contribution >= 0.6 is 12.4 Å². The summed E-state index contributed by atoms with van der Waals surface area (Å²) in [5.41, 5.74) is 0. The first kappa shape index (κ1) is 7.76. The monoisotopic (exact) mass is 135 g/mol. The molecule has 0 saturated carbocycles. The maximum atomic E-state index is 10.4. The second kappa shape index (κ2) is 2.92. The highest BCUT2D eigenvalue weighted by atomic mass is 35.5. The van der Waals surface area contributed by atoms with Gasteiger partial charge in [0, 0.05) is 20.0 Å². The van der Waals surface area contributed by atoms with E-state index in [2.05, 4.69) is 0 Å². The zero-order valence-electron chi connectivity index (χ0n) is 4.89. The third kappa shape index (κ3) is 1.37. The second-order valence-corrected chi connectivity index (χ2v) is 1.86. The fourth-order valence-corrected chi connectivity index (χ4v) is 0.631. The van der Waals surface area contributed by atoms with Gasteiger partial charge in [-0.05, 0) is 6.42 Å². The fraction of sp³-hybridized carbons (Fsp3) is 0.800. The van der Waals surface area contributed by atoms with Gasteiger partial charge in [-0.25, -0.2) is 0 Å². The lowest BCUT2D eigenvalue weighted by molar-refractivity contribution is -0.132. The molecule has 1 fully saturated rings. The Kier molecular flexibility index (Phi) is 2.84. The van der Waals surface area contributed by atoms with Gasteiger partial charge >= 0.3 is 0 Å². The SMILES string of the molecule is CC(=O)N1CCC1.Cl. The normalized spacial score (nSPS) is 16.4. The summed E-state index contributed by atoms with van der Waals surface area (Å²) in [7, 11) is 0. The Morgan fingerprint density at radius 1 is 1.50 bits per heavy atom. The van der Waals surface area contributed by atoms with E-state index in [0.717, 1.165) is 13.1 Å². The Bertz CT molecular complexity index is 90.4. The van der Waals surface area contributed by atoms with Crippen molar-refractivity contribution in [3.63, 3.8) is 0 Å². The number of amides is 1. The smallest absolute Gasteiger partial charge is 0.219 e. The summed E-state index contributed by atoms with van der Waals surface area (Å²) in [6.07, 6.45) is 1.19. The molecule has 0 unspecified atom stereocenters. The van der Waals surface area contributed by atoms with Crippen molar-refractivity contribution in [2.75, 3.05) is 13.1 Å². The van der Waals surface area contributed by atoms with Crippen LogP contribution in [0.1, 0.15) is 13.3 Å². The molecule has 1 saturated heterocycles. The molecule has 1 aliphatic heterocycles. The Labute approximate surface area is 55.3 Å². The first-order valence-corrected chi connectivity index (χ1v) is 2.56. The van der Waals surface area contributed by atoms with Crippen LogP contribution in [-0.4, -0.2) is 23.9 Å². The van der Waals surface area contributed by atoms with Gasteiger partial charge in [0.15, 0.2) is 0 Å². The van der Waals surface area contributed by atoms with Crippen LogP contribution in [0, 0.1) is 0 Å². The first-order chi connectivity index (χ1) is 3.30. The molecular weight excluding hydrogens is 126 g/mol. The summed E-state index contributed by atoms with van der Waals surface area (Å²) in [5.74, 6) is 0.214. The maximum absolute atomic E-state index is 10.4. The first-order valence-electron chi connectivity index (χ1n) is 2.56. The summed E-state index contributed by atoms with van der Waals surface area (Å²) in [6.45, 7) is 3.57. The minimum atomic E-state index is 0. The van der Waals surface area contributed by atoms with Gasteiger partial charge in [0.05, 0.1) is 0 Å². The van der Waals surface area contributed by atoms with Gasteiger partial charge in [-0.3, -0.25) is 4.79 Å². The lowest BCUT2D eigenvalue weighted by atomic mass is 10.2. The lowest BCUT2D eigenvalue weighted by Gasteiger charge is -2.29. The molecule has 0 aromatic carbocycles. The van der Waals surface area contributed by atoms with Crippen LogP contribution in [0.2, 0.25) is 0 Å². The molecule has 0 N–H and O–H groups in total. The predicted molar refractivity (Wildman–Crippen MR) is 34.1 cm³/mol. The number of likely N-dealkylation sites (tertiary alicyclic amines) is 1. The maximum Gasteiger partial charge on any atom is 0.219 e. The zero-order chi connectivity index (χ0) is 5.28. The highest BCUT2D eigenvalue weighted by Crippen LogP contribution is 2.03. The van der Waals surface area contributed by atoms with Crippen LogP contribution in [0.5, 0.6) is 0 Å². The van der Waals surface area contributed by atoms with Gasteiger partial charge in [0.1, 0.15) is 0 Å². The highest BCUT2D eigenvalue weighted by Gasteiger charge is 2.14. The third-order valence-electron chi connectivity index (χ3n) is 1.30. The van der Waals surface area contributed by atoms with Crippen LogP contribution < -0.4 is 0 Å².